The Balaban J connectivity index is 1.33. The number of benzene rings is 2. The van der Waals surface area contributed by atoms with Crippen molar-refractivity contribution >= 4 is 56.4 Å². The van der Waals surface area contributed by atoms with Crippen molar-refractivity contribution in [3.63, 3.8) is 0 Å². The fourth-order valence-corrected chi connectivity index (χ4v) is 5.06. The number of amidine groups is 1. The summed E-state index contributed by atoms with van der Waals surface area (Å²) >= 11 is 1.39. The van der Waals surface area contributed by atoms with Gasteiger partial charge in [-0.2, -0.15) is 4.99 Å². The molecule has 2 aromatic carbocycles. The lowest BCUT2D eigenvalue weighted by molar-refractivity contribution is -0.121. The zero-order valence-electron chi connectivity index (χ0n) is 16.5. The van der Waals surface area contributed by atoms with E-state index in [4.69, 9.17) is 9.15 Å². The van der Waals surface area contributed by atoms with Crippen molar-refractivity contribution in [3.05, 3.63) is 36.4 Å². The molecule has 8 heteroatoms. The Morgan fingerprint density at radius 2 is 2.03 bits per heavy atom. The van der Waals surface area contributed by atoms with E-state index in [9.17, 15) is 9.59 Å². The number of amides is 2. The maximum atomic E-state index is 12.7. The Kier molecular flexibility index (Phi) is 4.86. The van der Waals surface area contributed by atoms with Gasteiger partial charge in [-0.05, 0) is 25.0 Å². The van der Waals surface area contributed by atoms with E-state index in [1.807, 2.05) is 30.3 Å². The number of fused-ring (bicyclic) bond motifs is 3. The maximum absolute atomic E-state index is 12.7. The van der Waals surface area contributed by atoms with E-state index >= 15 is 0 Å². The van der Waals surface area contributed by atoms with Crippen LogP contribution in [-0.2, 0) is 9.59 Å². The molecule has 0 aliphatic carbocycles. The summed E-state index contributed by atoms with van der Waals surface area (Å²) in [5.41, 5.74) is 1.96. The van der Waals surface area contributed by atoms with E-state index in [1.54, 1.807) is 13.2 Å². The standard InChI is InChI=1S/C22H21N3O4S/c1-28-18-10-14-13-6-2-3-7-16(13)29-17(14)11-15(18)23-20(26)12-19-21(27)24-22(30-19)25-8-4-5-9-25/h2-3,6-7,10-11,19H,4-5,8-9,12H2,1H3,(H,23,26)/t19-/m0/s1. The van der Waals surface area contributed by atoms with E-state index in [0.717, 1.165) is 47.5 Å². The topological polar surface area (TPSA) is 84.1 Å². The van der Waals surface area contributed by atoms with Gasteiger partial charge in [0, 0.05) is 36.3 Å². The Labute approximate surface area is 177 Å². The third-order valence-corrected chi connectivity index (χ3v) is 6.66. The van der Waals surface area contributed by atoms with Crippen LogP contribution in [0.5, 0.6) is 5.75 Å². The van der Waals surface area contributed by atoms with Crippen LogP contribution in [0.25, 0.3) is 21.9 Å². The number of nitrogens with zero attached hydrogens (tertiary/aromatic N) is 2. The Morgan fingerprint density at radius 1 is 1.23 bits per heavy atom. The van der Waals surface area contributed by atoms with Gasteiger partial charge in [0.2, 0.25) is 5.91 Å². The Hall–Kier alpha value is -3.00. The van der Waals surface area contributed by atoms with Gasteiger partial charge < -0.3 is 19.4 Å². The molecule has 1 fully saturated rings. The summed E-state index contributed by atoms with van der Waals surface area (Å²) in [6.07, 6.45) is 2.29. The highest BCUT2D eigenvalue weighted by Gasteiger charge is 2.34. The summed E-state index contributed by atoms with van der Waals surface area (Å²) in [6, 6.07) is 11.4. The predicted molar refractivity (Wildman–Crippen MR) is 118 cm³/mol. The number of hydrogen-bond acceptors (Lipinski definition) is 6. The molecular weight excluding hydrogens is 402 g/mol. The number of para-hydroxylation sites is 1. The molecule has 2 aliphatic heterocycles. The summed E-state index contributed by atoms with van der Waals surface area (Å²) in [4.78, 5) is 31.2. The van der Waals surface area contributed by atoms with E-state index in [-0.39, 0.29) is 18.2 Å². The molecule has 0 spiro atoms. The van der Waals surface area contributed by atoms with Crippen LogP contribution in [-0.4, -0.2) is 47.3 Å². The number of ether oxygens (including phenoxy) is 1. The molecule has 2 aliphatic rings. The van der Waals surface area contributed by atoms with E-state index in [1.165, 1.54) is 11.8 Å². The number of thioether (sulfide) groups is 1. The molecule has 7 nitrogen and oxygen atoms in total. The number of aliphatic imine (C=N–C) groups is 1. The van der Waals surface area contributed by atoms with Crippen LogP contribution >= 0.6 is 11.8 Å². The van der Waals surface area contributed by atoms with Crippen molar-refractivity contribution < 1.29 is 18.7 Å². The van der Waals surface area contributed by atoms with Crippen molar-refractivity contribution in [1.82, 2.24) is 4.90 Å². The average molecular weight is 423 g/mol. The van der Waals surface area contributed by atoms with Gasteiger partial charge in [-0.25, -0.2) is 0 Å². The second-order valence-corrected chi connectivity index (χ2v) is 8.60. The Bertz CT molecular complexity index is 1180. The minimum Gasteiger partial charge on any atom is -0.495 e. The first kappa shape index (κ1) is 19.0. The lowest BCUT2D eigenvalue weighted by Crippen LogP contribution is -2.25. The van der Waals surface area contributed by atoms with Crippen LogP contribution < -0.4 is 10.1 Å². The maximum Gasteiger partial charge on any atom is 0.262 e. The quantitative estimate of drug-likeness (QED) is 0.682. The van der Waals surface area contributed by atoms with E-state index in [0.29, 0.717) is 17.0 Å². The zero-order valence-corrected chi connectivity index (χ0v) is 17.3. The summed E-state index contributed by atoms with van der Waals surface area (Å²) < 4.78 is 11.4. The van der Waals surface area contributed by atoms with Crippen molar-refractivity contribution in [2.45, 2.75) is 24.5 Å². The lowest BCUT2D eigenvalue weighted by Gasteiger charge is -2.16. The summed E-state index contributed by atoms with van der Waals surface area (Å²) in [6.45, 7) is 1.85. The largest absolute Gasteiger partial charge is 0.495 e. The molecule has 2 amide bonds. The predicted octanol–water partition coefficient (Wildman–Crippen LogP) is 4.02. The van der Waals surface area contributed by atoms with Crippen LogP contribution in [0.3, 0.4) is 0 Å². The number of carbonyl (C=O) groups excluding carboxylic acids is 2. The Morgan fingerprint density at radius 3 is 2.83 bits per heavy atom. The molecule has 0 bridgehead atoms. The molecule has 30 heavy (non-hydrogen) atoms. The molecule has 0 saturated carbocycles. The van der Waals surface area contributed by atoms with Crippen LogP contribution in [0.1, 0.15) is 19.3 Å². The number of likely N-dealkylation sites (tertiary alicyclic amines) is 1. The highest BCUT2D eigenvalue weighted by Crippen LogP contribution is 2.37. The number of rotatable bonds is 4. The van der Waals surface area contributed by atoms with Crippen molar-refractivity contribution in [2.24, 2.45) is 4.99 Å². The van der Waals surface area contributed by atoms with Gasteiger partial charge in [0.25, 0.3) is 5.91 Å². The SMILES string of the molecule is COc1cc2c(cc1NC(=O)C[C@@H]1SC(N3CCCC3)=NC1=O)oc1ccccc12. The van der Waals surface area contributed by atoms with Crippen molar-refractivity contribution in [2.75, 3.05) is 25.5 Å². The van der Waals surface area contributed by atoms with Crippen LogP contribution in [0.4, 0.5) is 5.69 Å². The van der Waals surface area contributed by atoms with Crippen LogP contribution in [0.15, 0.2) is 45.8 Å². The molecule has 0 radical (unpaired) electrons. The fraction of sp³-hybridized carbons (Fsp3) is 0.318. The number of carbonyl (C=O) groups is 2. The third kappa shape index (κ3) is 3.41. The third-order valence-electron chi connectivity index (χ3n) is 5.45. The first-order valence-electron chi connectivity index (χ1n) is 9.95. The first-order valence-corrected chi connectivity index (χ1v) is 10.8. The minimum atomic E-state index is -0.485. The highest BCUT2D eigenvalue weighted by atomic mass is 32.2. The molecular formula is C22H21N3O4S. The molecule has 3 heterocycles. The van der Waals surface area contributed by atoms with Crippen molar-refractivity contribution in [1.29, 1.82) is 0 Å². The second-order valence-electron chi connectivity index (χ2n) is 7.43. The van der Waals surface area contributed by atoms with Gasteiger partial charge in [-0.1, -0.05) is 30.0 Å². The molecule has 5 rings (SSSR count). The molecule has 1 atom stereocenters. The first-order chi connectivity index (χ1) is 14.6. The molecule has 0 unspecified atom stereocenters. The van der Waals surface area contributed by atoms with E-state index < -0.39 is 5.25 Å². The summed E-state index contributed by atoms with van der Waals surface area (Å²) in [7, 11) is 1.56. The van der Waals surface area contributed by atoms with Crippen LogP contribution in [0.2, 0.25) is 0 Å². The molecule has 1 N–H and O–H groups in total. The highest BCUT2D eigenvalue weighted by molar-refractivity contribution is 8.15. The zero-order chi connectivity index (χ0) is 20.7. The van der Waals surface area contributed by atoms with Gasteiger partial charge in [-0.15, -0.1) is 0 Å². The lowest BCUT2D eigenvalue weighted by atomic mass is 10.1. The van der Waals surface area contributed by atoms with Crippen LogP contribution in [0, 0.1) is 0 Å². The smallest absolute Gasteiger partial charge is 0.262 e. The molecule has 154 valence electrons. The van der Waals surface area contributed by atoms with Gasteiger partial charge >= 0.3 is 0 Å². The van der Waals surface area contributed by atoms with Gasteiger partial charge in [-0.3, -0.25) is 9.59 Å². The molecule has 1 saturated heterocycles. The molecule has 1 aromatic heterocycles. The number of nitrogens with one attached hydrogen (secondary N) is 1. The summed E-state index contributed by atoms with van der Waals surface area (Å²) in [5.74, 6) is 0.0473. The number of anilines is 1. The number of hydrogen-bond donors (Lipinski definition) is 1. The minimum absolute atomic E-state index is 0.0612. The fourth-order valence-electron chi connectivity index (χ4n) is 3.94. The average Bonchev–Trinajstić information content (AvgIpc) is 3.46. The van der Waals surface area contributed by atoms with Crippen molar-refractivity contribution in [3.8, 4) is 5.75 Å². The number of furan rings is 1. The van der Waals surface area contributed by atoms with E-state index in [2.05, 4.69) is 15.2 Å². The second kappa shape index (κ2) is 7.68. The normalized spacial score (nSPS) is 19.0. The van der Waals surface area contributed by atoms with Gasteiger partial charge in [0.05, 0.1) is 12.8 Å². The van der Waals surface area contributed by atoms with Gasteiger partial charge in [0.15, 0.2) is 5.17 Å². The summed E-state index contributed by atoms with van der Waals surface area (Å²) in [5, 5.41) is 5.05. The number of methoxy groups -OCH3 is 1. The van der Waals surface area contributed by atoms with Gasteiger partial charge in [0.1, 0.15) is 22.2 Å². The molecule has 3 aromatic rings. The monoisotopic (exact) mass is 423 g/mol.